The van der Waals surface area contributed by atoms with Crippen LogP contribution in [0.3, 0.4) is 0 Å². The molecule has 0 aliphatic heterocycles. The molecular weight excluding hydrogens is 377 g/mol. The number of amides is 2. The molecule has 0 bridgehead atoms. The maximum absolute atomic E-state index is 13.9. The van der Waals surface area contributed by atoms with Crippen LogP contribution in [0.25, 0.3) is 10.1 Å². The lowest BCUT2D eigenvalue weighted by molar-refractivity contribution is -0.122. The SMILES string of the molecule is N#CCCNC(=O)C(Cc1csc2ccccc12)NC(=O)c1ccccc1F. The molecule has 0 aliphatic rings. The van der Waals surface area contributed by atoms with Crippen LogP contribution >= 0.6 is 11.3 Å². The normalized spacial score (nSPS) is 11.6. The van der Waals surface area contributed by atoms with Crippen molar-refractivity contribution in [2.75, 3.05) is 6.54 Å². The molecule has 1 unspecified atom stereocenters. The van der Waals surface area contributed by atoms with Crippen molar-refractivity contribution in [3.8, 4) is 6.07 Å². The Hall–Kier alpha value is -3.24. The molecule has 28 heavy (non-hydrogen) atoms. The van der Waals surface area contributed by atoms with Gasteiger partial charge in [0.25, 0.3) is 5.91 Å². The number of nitriles is 1. The summed E-state index contributed by atoms with van der Waals surface area (Å²) in [7, 11) is 0. The molecule has 2 amide bonds. The molecule has 0 radical (unpaired) electrons. The Morgan fingerprint density at radius 3 is 2.68 bits per heavy atom. The molecule has 0 saturated carbocycles. The lowest BCUT2D eigenvalue weighted by atomic mass is 10.0. The first-order valence-electron chi connectivity index (χ1n) is 8.75. The van der Waals surface area contributed by atoms with Crippen LogP contribution < -0.4 is 10.6 Å². The largest absolute Gasteiger partial charge is 0.353 e. The van der Waals surface area contributed by atoms with Crippen molar-refractivity contribution in [2.24, 2.45) is 0 Å². The maximum Gasteiger partial charge on any atom is 0.254 e. The van der Waals surface area contributed by atoms with Gasteiger partial charge in [-0.15, -0.1) is 11.3 Å². The highest BCUT2D eigenvalue weighted by Crippen LogP contribution is 2.26. The molecular formula is C21H18FN3O2S. The molecule has 3 aromatic rings. The van der Waals surface area contributed by atoms with E-state index in [9.17, 15) is 14.0 Å². The third-order valence-corrected chi connectivity index (χ3v) is 5.27. The molecule has 1 heterocycles. The first kappa shape index (κ1) is 19.5. The molecule has 0 fully saturated rings. The number of hydrogen-bond acceptors (Lipinski definition) is 4. The Balaban J connectivity index is 1.82. The Labute approximate surface area is 165 Å². The van der Waals surface area contributed by atoms with E-state index >= 15 is 0 Å². The van der Waals surface area contributed by atoms with Gasteiger partial charge in [0.15, 0.2) is 0 Å². The molecule has 0 saturated heterocycles. The zero-order chi connectivity index (χ0) is 19.9. The number of carbonyl (C=O) groups is 2. The Morgan fingerprint density at radius 2 is 1.89 bits per heavy atom. The summed E-state index contributed by atoms with van der Waals surface area (Å²) in [4.78, 5) is 25.1. The van der Waals surface area contributed by atoms with Gasteiger partial charge < -0.3 is 10.6 Å². The van der Waals surface area contributed by atoms with Crippen molar-refractivity contribution in [1.29, 1.82) is 5.26 Å². The topological polar surface area (TPSA) is 82.0 Å². The second-order valence-electron chi connectivity index (χ2n) is 6.17. The third kappa shape index (κ3) is 4.53. The molecule has 1 atom stereocenters. The van der Waals surface area contributed by atoms with Crippen molar-refractivity contribution in [1.82, 2.24) is 10.6 Å². The van der Waals surface area contributed by atoms with Gasteiger partial charge in [-0.1, -0.05) is 30.3 Å². The average Bonchev–Trinajstić information content (AvgIpc) is 3.11. The standard InChI is InChI=1S/C21H18FN3O2S/c22-17-8-3-1-7-16(17)20(26)25-18(21(27)24-11-5-10-23)12-14-13-28-19-9-4-2-6-15(14)19/h1-4,6-9,13,18H,5,11-12H2,(H,24,27)(H,25,26). The highest BCUT2D eigenvalue weighted by molar-refractivity contribution is 7.17. The lowest BCUT2D eigenvalue weighted by Crippen LogP contribution is -2.48. The van der Waals surface area contributed by atoms with Gasteiger partial charge in [0, 0.05) is 17.7 Å². The number of fused-ring (bicyclic) bond motifs is 1. The van der Waals surface area contributed by atoms with E-state index in [1.165, 1.54) is 18.2 Å². The van der Waals surface area contributed by atoms with Crippen LogP contribution in [0.1, 0.15) is 22.3 Å². The molecule has 1 aromatic heterocycles. The Morgan fingerprint density at radius 1 is 1.14 bits per heavy atom. The fourth-order valence-corrected chi connectivity index (χ4v) is 3.84. The van der Waals surface area contributed by atoms with Crippen LogP contribution in [0, 0.1) is 17.1 Å². The van der Waals surface area contributed by atoms with Crippen LogP contribution in [0.15, 0.2) is 53.9 Å². The number of thiophene rings is 1. The summed E-state index contributed by atoms with van der Waals surface area (Å²) in [6.45, 7) is 0.186. The van der Waals surface area contributed by atoms with E-state index in [-0.39, 0.29) is 24.9 Å². The van der Waals surface area contributed by atoms with Crippen molar-refractivity contribution in [3.63, 3.8) is 0 Å². The van der Waals surface area contributed by atoms with Crippen LogP contribution in [-0.2, 0) is 11.2 Å². The van der Waals surface area contributed by atoms with Crippen LogP contribution in [0.5, 0.6) is 0 Å². The van der Waals surface area contributed by atoms with Crippen molar-refractivity contribution >= 4 is 33.2 Å². The van der Waals surface area contributed by atoms with Gasteiger partial charge in [-0.2, -0.15) is 5.26 Å². The molecule has 2 aromatic carbocycles. The summed E-state index contributed by atoms with van der Waals surface area (Å²) in [5.74, 6) is -1.71. The fraction of sp³-hybridized carbons (Fsp3) is 0.190. The number of rotatable bonds is 7. The number of benzene rings is 2. The summed E-state index contributed by atoms with van der Waals surface area (Å²) < 4.78 is 15.0. The molecule has 7 heteroatoms. The number of nitrogens with zero attached hydrogens (tertiary/aromatic N) is 1. The molecule has 5 nitrogen and oxygen atoms in total. The van der Waals surface area contributed by atoms with Crippen molar-refractivity contribution < 1.29 is 14.0 Å². The summed E-state index contributed by atoms with van der Waals surface area (Å²) in [5.41, 5.74) is 0.808. The van der Waals surface area contributed by atoms with E-state index in [1.54, 1.807) is 17.4 Å². The minimum absolute atomic E-state index is 0.118. The summed E-state index contributed by atoms with van der Waals surface area (Å²) >= 11 is 1.56. The Kier molecular flexibility index (Phi) is 6.35. The predicted molar refractivity (Wildman–Crippen MR) is 106 cm³/mol. The number of hydrogen-bond donors (Lipinski definition) is 2. The van der Waals surface area contributed by atoms with Gasteiger partial charge in [-0.3, -0.25) is 9.59 Å². The first-order chi connectivity index (χ1) is 13.6. The predicted octanol–water partition coefficient (Wildman–Crippen LogP) is 3.41. The second-order valence-corrected chi connectivity index (χ2v) is 7.08. The molecule has 0 aliphatic carbocycles. The molecule has 3 rings (SSSR count). The summed E-state index contributed by atoms with van der Waals surface area (Å²) in [6, 6.07) is 14.5. The lowest BCUT2D eigenvalue weighted by Gasteiger charge is -2.18. The van der Waals surface area contributed by atoms with E-state index < -0.39 is 23.7 Å². The first-order valence-corrected chi connectivity index (χ1v) is 9.63. The van der Waals surface area contributed by atoms with Crippen molar-refractivity contribution in [2.45, 2.75) is 18.9 Å². The Bertz CT molecular complexity index is 1040. The zero-order valence-corrected chi connectivity index (χ0v) is 15.8. The zero-order valence-electron chi connectivity index (χ0n) is 14.9. The highest BCUT2D eigenvalue weighted by atomic mass is 32.1. The van der Waals surface area contributed by atoms with Crippen LogP contribution in [0.4, 0.5) is 4.39 Å². The quantitative estimate of drug-likeness (QED) is 0.602. The van der Waals surface area contributed by atoms with Gasteiger partial charge >= 0.3 is 0 Å². The number of nitrogens with one attached hydrogen (secondary N) is 2. The average molecular weight is 395 g/mol. The fourth-order valence-electron chi connectivity index (χ4n) is 2.87. The smallest absolute Gasteiger partial charge is 0.254 e. The van der Waals surface area contributed by atoms with E-state index in [0.717, 1.165) is 15.6 Å². The van der Waals surface area contributed by atoms with Crippen LogP contribution in [-0.4, -0.2) is 24.4 Å². The van der Waals surface area contributed by atoms with Gasteiger partial charge in [0.1, 0.15) is 11.9 Å². The summed E-state index contributed by atoms with van der Waals surface area (Å²) in [5, 5.41) is 16.9. The molecule has 142 valence electrons. The maximum atomic E-state index is 13.9. The van der Waals surface area contributed by atoms with Gasteiger partial charge in [-0.25, -0.2) is 4.39 Å². The molecule has 0 spiro atoms. The van der Waals surface area contributed by atoms with E-state index in [4.69, 9.17) is 5.26 Å². The van der Waals surface area contributed by atoms with Gasteiger partial charge in [0.05, 0.1) is 18.1 Å². The van der Waals surface area contributed by atoms with Gasteiger partial charge in [-0.05, 0) is 34.5 Å². The monoisotopic (exact) mass is 395 g/mol. The minimum Gasteiger partial charge on any atom is -0.353 e. The van der Waals surface area contributed by atoms with Gasteiger partial charge in [0.2, 0.25) is 5.91 Å². The highest BCUT2D eigenvalue weighted by Gasteiger charge is 2.24. The number of carbonyl (C=O) groups excluding carboxylic acids is 2. The summed E-state index contributed by atoms with van der Waals surface area (Å²) in [6.07, 6.45) is 0.434. The van der Waals surface area contributed by atoms with Crippen LogP contribution in [0.2, 0.25) is 0 Å². The van der Waals surface area contributed by atoms with E-state index in [0.29, 0.717) is 0 Å². The minimum atomic E-state index is -0.885. The number of halogens is 1. The van der Waals surface area contributed by atoms with Crippen molar-refractivity contribution in [3.05, 3.63) is 70.9 Å². The third-order valence-electron chi connectivity index (χ3n) is 4.26. The second kappa shape index (κ2) is 9.11. The van der Waals surface area contributed by atoms with E-state index in [2.05, 4.69) is 10.6 Å². The van der Waals surface area contributed by atoms with E-state index in [1.807, 2.05) is 35.7 Å². The molecule has 2 N–H and O–H groups in total.